The summed E-state index contributed by atoms with van der Waals surface area (Å²) in [5.41, 5.74) is -0.488. The Kier molecular flexibility index (Phi) is 6.35. The molecule has 0 radical (unpaired) electrons. The smallest absolute Gasteiger partial charge is 0.410 e. The predicted octanol–water partition coefficient (Wildman–Crippen LogP) is 2.57. The Labute approximate surface area is 152 Å². The number of carbonyl (C=O) groups excluding carboxylic acids is 2. The number of rotatable bonds is 3. The molecule has 0 N–H and O–H groups in total. The zero-order valence-electron chi connectivity index (χ0n) is 16.7. The molecule has 0 aromatic carbocycles. The van der Waals surface area contributed by atoms with Crippen molar-refractivity contribution in [1.29, 1.82) is 0 Å². The van der Waals surface area contributed by atoms with Crippen LogP contribution in [0.5, 0.6) is 0 Å². The van der Waals surface area contributed by atoms with Gasteiger partial charge in [-0.05, 0) is 52.9 Å². The predicted molar refractivity (Wildman–Crippen MR) is 98.4 cm³/mol. The number of amides is 2. The van der Waals surface area contributed by atoms with E-state index in [0.29, 0.717) is 0 Å². The molecule has 0 aromatic heterocycles. The van der Waals surface area contributed by atoms with Crippen LogP contribution in [0.1, 0.15) is 53.9 Å². The van der Waals surface area contributed by atoms with Crippen molar-refractivity contribution >= 4 is 12.0 Å². The Balaban J connectivity index is 1.86. The maximum Gasteiger partial charge on any atom is 0.410 e. The van der Waals surface area contributed by atoms with Crippen molar-refractivity contribution in [1.82, 2.24) is 14.7 Å². The molecule has 2 aliphatic rings. The second-order valence-electron chi connectivity index (χ2n) is 8.71. The first-order valence-corrected chi connectivity index (χ1v) is 9.57. The van der Waals surface area contributed by atoms with Crippen LogP contribution in [0.2, 0.25) is 0 Å². The lowest BCUT2D eigenvalue weighted by molar-refractivity contribution is -0.137. The summed E-state index contributed by atoms with van der Waals surface area (Å²) in [5.74, 6) is 0.950. The summed E-state index contributed by atoms with van der Waals surface area (Å²) >= 11 is 0. The molecular weight excluding hydrogens is 318 g/mol. The second-order valence-corrected chi connectivity index (χ2v) is 8.71. The molecule has 25 heavy (non-hydrogen) atoms. The molecule has 0 aliphatic carbocycles. The van der Waals surface area contributed by atoms with E-state index < -0.39 is 5.60 Å². The minimum absolute atomic E-state index is 0.103. The topological polar surface area (TPSA) is 53.1 Å². The highest BCUT2D eigenvalue weighted by Crippen LogP contribution is 2.22. The van der Waals surface area contributed by atoms with Gasteiger partial charge in [0, 0.05) is 39.3 Å². The third-order valence-corrected chi connectivity index (χ3v) is 5.42. The zero-order chi connectivity index (χ0) is 18.8. The Morgan fingerprint density at radius 3 is 2.28 bits per heavy atom. The lowest BCUT2D eigenvalue weighted by atomic mass is 9.99. The summed E-state index contributed by atoms with van der Waals surface area (Å²) in [6, 6.07) is -0.0167. The molecule has 0 bridgehead atoms. The average Bonchev–Trinajstić information content (AvgIpc) is 3.01. The largest absolute Gasteiger partial charge is 0.444 e. The van der Waals surface area contributed by atoms with Crippen LogP contribution in [0.25, 0.3) is 0 Å². The van der Waals surface area contributed by atoms with Gasteiger partial charge in [0.1, 0.15) is 5.60 Å². The second kappa shape index (κ2) is 7.94. The van der Waals surface area contributed by atoms with Crippen LogP contribution in [-0.2, 0) is 9.53 Å². The molecule has 2 atom stereocenters. The van der Waals surface area contributed by atoms with Gasteiger partial charge in [0.25, 0.3) is 0 Å². The quantitative estimate of drug-likeness (QED) is 0.782. The highest BCUT2D eigenvalue weighted by Gasteiger charge is 2.36. The van der Waals surface area contributed by atoms with Gasteiger partial charge in [0.15, 0.2) is 0 Å². The fourth-order valence-electron chi connectivity index (χ4n) is 3.57. The van der Waals surface area contributed by atoms with Gasteiger partial charge >= 0.3 is 6.09 Å². The molecule has 2 aliphatic heterocycles. The first kappa shape index (κ1) is 20.0. The molecule has 2 unspecified atom stereocenters. The number of hydrogen-bond acceptors (Lipinski definition) is 4. The van der Waals surface area contributed by atoms with Crippen molar-refractivity contribution < 1.29 is 14.3 Å². The lowest BCUT2D eigenvalue weighted by Crippen LogP contribution is -2.49. The fourth-order valence-corrected chi connectivity index (χ4v) is 3.57. The molecule has 2 heterocycles. The Morgan fingerprint density at radius 1 is 1.12 bits per heavy atom. The highest BCUT2D eigenvalue weighted by atomic mass is 16.6. The minimum Gasteiger partial charge on any atom is -0.444 e. The molecular formula is C19H35N3O3. The van der Waals surface area contributed by atoms with E-state index in [4.69, 9.17) is 4.74 Å². The number of likely N-dealkylation sites (N-methyl/N-ethyl adjacent to an activating group) is 1. The van der Waals surface area contributed by atoms with Crippen molar-refractivity contribution in [3.8, 4) is 0 Å². The van der Waals surface area contributed by atoms with E-state index in [2.05, 4.69) is 11.8 Å². The standard InChI is InChI=1S/C19H35N3O3/c1-14-7-10-21(11-8-14)17(23)15(2)22-12-9-16(13-22)20(6)18(24)25-19(3,4)5/h14-16H,7-13H2,1-6H3. The highest BCUT2D eigenvalue weighted by molar-refractivity contribution is 5.81. The molecule has 0 spiro atoms. The van der Waals surface area contributed by atoms with Crippen LogP contribution in [0.3, 0.4) is 0 Å². The number of hydrogen-bond donors (Lipinski definition) is 0. The summed E-state index contributed by atoms with van der Waals surface area (Å²) in [6.07, 6.45) is 2.79. The van der Waals surface area contributed by atoms with E-state index in [1.54, 1.807) is 11.9 Å². The Hall–Kier alpha value is -1.30. The molecule has 6 nitrogen and oxygen atoms in total. The van der Waals surface area contributed by atoms with E-state index in [1.807, 2.05) is 32.6 Å². The molecule has 2 amide bonds. The van der Waals surface area contributed by atoms with E-state index >= 15 is 0 Å². The van der Waals surface area contributed by atoms with E-state index in [9.17, 15) is 9.59 Å². The van der Waals surface area contributed by atoms with Crippen molar-refractivity contribution in [3.63, 3.8) is 0 Å². The third-order valence-electron chi connectivity index (χ3n) is 5.42. The first-order valence-electron chi connectivity index (χ1n) is 9.57. The van der Waals surface area contributed by atoms with Crippen LogP contribution in [0.4, 0.5) is 4.79 Å². The van der Waals surface area contributed by atoms with E-state index in [1.165, 1.54) is 0 Å². The maximum atomic E-state index is 12.8. The summed E-state index contributed by atoms with van der Waals surface area (Å²) < 4.78 is 5.45. The Morgan fingerprint density at radius 2 is 1.72 bits per heavy atom. The molecule has 2 saturated heterocycles. The molecule has 2 rings (SSSR count). The summed E-state index contributed by atoms with van der Waals surface area (Å²) in [6.45, 7) is 13.2. The molecule has 2 fully saturated rings. The van der Waals surface area contributed by atoms with Gasteiger partial charge < -0.3 is 14.5 Å². The van der Waals surface area contributed by atoms with Crippen LogP contribution >= 0.6 is 0 Å². The number of likely N-dealkylation sites (tertiary alicyclic amines) is 2. The number of piperidine rings is 1. The van der Waals surface area contributed by atoms with Gasteiger partial charge in [0.2, 0.25) is 5.91 Å². The van der Waals surface area contributed by atoms with Crippen LogP contribution in [0, 0.1) is 5.92 Å². The molecule has 0 aromatic rings. The van der Waals surface area contributed by atoms with Gasteiger partial charge in [-0.15, -0.1) is 0 Å². The minimum atomic E-state index is -0.488. The SMILES string of the molecule is CC1CCN(C(=O)C(C)N2CCC(N(C)C(=O)OC(C)(C)C)C2)CC1. The van der Waals surface area contributed by atoms with Gasteiger partial charge in [-0.2, -0.15) is 0 Å². The summed E-state index contributed by atoms with van der Waals surface area (Å²) in [4.78, 5) is 30.9. The third kappa shape index (κ3) is 5.33. The first-order chi connectivity index (χ1) is 11.6. The van der Waals surface area contributed by atoms with Crippen LogP contribution in [-0.4, -0.2) is 77.6 Å². The fraction of sp³-hybridized carbons (Fsp3) is 0.895. The normalized spacial score (nSPS) is 24.2. The number of carbonyl (C=O) groups is 2. The summed E-state index contributed by atoms with van der Waals surface area (Å²) in [7, 11) is 1.79. The zero-order valence-corrected chi connectivity index (χ0v) is 16.7. The van der Waals surface area contributed by atoms with Gasteiger partial charge in [-0.1, -0.05) is 6.92 Å². The molecule has 6 heteroatoms. The van der Waals surface area contributed by atoms with Crippen molar-refractivity contribution in [2.45, 2.75) is 71.6 Å². The monoisotopic (exact) mass is 353 g/mol. The van der Waals surface area contributed by atoms with Crippen LogP contribution in [0.15, 0.2) is 0 Å². The van der Waals surface area contributed by atoms with E-state index in [-0.39, 0.29) is 24.1 Å². The van der Waals surface area contributed by atoms with Gasteiger partial charge in [-0.25, -0.2) is 4.79 Å². The van der Waals surface area contributed by atoms with Crippen molar-refractivity contribution in [2.24, 2.45) is 5.92 Å². The van der Waals surface area contributed by atoms with Gasteiger partial charge in [-0.3, -0.25) is 9.69 Å². The average molecular weight is 354 g/mol. The van der Waals surface area contributed by atoms with Crippen molar-refractivity contribution in [3.05, 3.63) is 0 Å². The van der Waals surface area contributed by atoms with Gasteiger partial charge in [0.05, 0.1) is 6.04 Å². The lowest BCUT2D eigenvalue weighted by Gasteiger charge is -2.35. The number of ether oxygens (including phenoxy) is 1. The molecule has 144 valence electrons. The maximum absolute atomic E-state index is 12.8. The van der Waals surface area contributed by atoms with Crippen LogP contribution < -0.4 is 0 Å². The summed E-state index contributed by atoms with van der Waals surface area (Å²) in [5, 5.41) is 0. The molecule has 0 saturated carbocycles. The van der Waals surface area contributed by atoms with E-state index in [0.717, 1.165) is 51.4 Å². The Bertz CT molecular complexity index is 481. The van der Waals surface area contributed by atoms with Crippen molar-refractivity contribution in [2.75, 3.05) is 33.2 Å². The number of nitrogens with zero attached hydrogens (tertiary/aromatic N) is 3.